The Bertz CT molecular complexity index is 1030. The molecule has 0 unspecified atom stereocenters. The lowest BCUT2D eigenvalue weighted by Gasteiger charge is -2.35. The van der Waals surface area contributed by atoms with E-state index in [1.54, 1.807) is 13.3 Å². The molecule has 0 spiro atoms. The molecule has 2 aromatic rings. The van der Waals surface area contributed by atoms with E-state index in [4.69, 9.17) is 9.84 Å². The number of amides is 1. The zero-order chi connectivity index (χ0) is 23.8. The Labute approximate surface area is 197 Å². The Morgan fingerprint density at radius 3 is 2.61 bits per heavy atom. The summed E-state index contributed by atoms with van der Waals surface area (Å²) < 4.78 is 7.15. The summed E-state index contributed by atoms with van der Waals surface area (Å²) >= 11 is 0. The van der Waals surface area contributed by atoms with Gasteiger partial charge >= 0.3 is 0 Å². The van der Waals surface area contributed by atoms with Gasteiger partial charge in [0.05, 0.1) is 12.8 Å². The minimum Gasteiger partial charge on any atom is -0.497 e. The quantitative estimate of drug-likeness (QED) is 0.539. The maximum Gasteiger partial charge on any atom is 0.244 e. The van der Waals surface area contributed by atoms with Crippen molar-refractivity contribution in [3.8, 4) is 5.75 Å². The van der Waals surface area contributed by atoms with Crippen LogP contribution in [0.15, 0.2) is 54.8 Å². The molecule has 33 heavy (non-hydrogen) atoms. The van der Waals surface area contributed by atoms with Crippen molar-refractivity contribution in [2.75, 3.05) is 38.2 Å². The van der Waals surface area contributed by atoms with E-state index in [-0.39, 0.29) is 12.5 Å². The van der Waals surface area contributed by atoms with Crippen molar-refractivity contribution >= 4 is 17.3 Å². The number of pyridine rings is 1. The van der Waals surface area contributed by atoms with E-state index in [1.165, 1.54) is 0 Å². The first-order valence-corrected chi connectivity index (χ1v) is 11.6. The van der Waals surface area contributed by atoms with E-state index >= 15 is 0 Å². The number of aromatic nitrogens is 3. The lowest BCUT2D eigenvalue weighted by molar-refractivity contribution is -0.132. The number of anilines is 1. The van der Waals surface area contributed by atoms with Crippen LogP contribution in [0, 0.1) is 0 Å². The highest BCUT2D eigenvalue weighted by atomic mass is 16.5. The van der Waals surface area contributed by atoms with Gasteiger partial charge < -0.3 is 14.5 Å². The predicted octanol–water partition coefficient (Wildman–Crippen LogP) is 4.12. The second kappa shape index (κ2) is 11.5. The average Bonchev–Trinajstić information content (AvgIpc) is 3.24. The van der Waals surface area contributed by atoms with Gasteiger partial charge in [0, 0.05) is 49.7 Å². The maximum absolute atomic E-state index is 13.1. The monoisotopic (exact) mass is 449 g/mol. The Hall–Kier alpha value is -3.35. The number of aryl methyl sites for hydroxylation is 1. The third kappa shape index (κ3) is 6.34. The summed E-state index contributed by atoms with van der Waals surface area (Å²) in [6, 6.07) is 5.84. The van der Waals surface area contributed by atoms with E-state index in [0.717, 1.165) is 60.0 Å². The molecule has 7 nitrogen and oxygen atoms in total. The number of carbonyl (C=O) groups is 1. The third-order valence-electron chi connectivity index (χ3n) is 5.65. The number of piperazine rings is 1. The van der Waals surface area contributed by atoms with E-state index in [0.29, 0.717) is 13.1 Å². The highest BCUT2D eigenvalue weighted by Gasteiger charge is 2.23. The van der Waals surface area contributed by atoms with Crippen molar-refractivity contribution in [3.63, 3.8) is 0 Å². The summed E-state index contributed by atoms with van der Waals surface area (Å²) in [6.07, 6.45) is 9.74. The summed E-state index contributed by atoms with van der Waals surface area (Å²) in [5.41, 5.74) is 3.92. The maximum atomic E-state index is 13.1. The predicted molar refractivity (Wildman–Crippen MR) is 133 cm³/mol. The molecule has 1 amide bonds. The summed E-state index contributed by atoms with van der Waals surface area (Å²) in [5, 5.41) is 4.78. The van der Waals surface area contributed by atoms with Gasteiger partial charge in [0.15, 0.2) is 0 Å². The minimum absolute atomic E-state index is 0.0899. The fourth-order valence-corrected chi connectivity index (χ4v) is 3.85. The van der Waals surface area contributed by atoms with Crippen LogP contribution in [0.4, 0.5) is 5.82 Å². The SMILES string of the molecule is C=C(C)/C=C(\C=C/CC)c1cc(CC)n(CC(=O)N2CCN(c3cc(OC)ccn3)CC2)n1. The molecule has 0 atom stereocenters. The molecule has 0 aromatic carbocycles. The molecule has 0 radical (unpaired) electrons. The Morgan fingerprint density at radius 1 is 1.21 bits per heavy atom. The van der Waals surface area contributed by atoms with Crippen LogP contribution in [0.5, 0.6) is 5.75 Å². The van der Waals surface area contributed by atoms with E-state index < -0.39 is 0 Å². The standard InChI is InChI=1S/C26H35N5O2/c1-6-8-9-21(16-20(3)4)24-17-22(7-2)31(28-24)19-26(32)30-14-12-29(13-15-30)25-18-23(33-5)10-11-27-25/h8-11,16-18H,3,6-7,12-15,19H2,1-2,4-5H3/b9-8-,21-16+. The number of hydrogen-bond donors (Lipinski definition) is 0. The number of nitrogens with zero attached hydrogens (tertiary/aromatic N) is 5. The van der Waals surface area contributed by atoms with Gasteiger partial charge in [-0.1, -0.05) is 44.2 Å². The Kier molecular flexibility index (Phi) is 8.46. The second-order valence-electron chi connectivity index (χ2n) is 8.21. The molecule has 1 fully saturated rings. The molecule has 2 aromatic heterocycles. The van der Waals surface area contributed by atoms with Gasteiger partial charge in [0.2, 0.25) is 5.91 Å². The summed E-state index contributed by atoms with van der Waals surface area (Å²) in [6.45, 7) is 13.2. The van der Waals surface area contributed by atoms with Crippen molar-refractivity contribution in [1.82, 2.24) is 19.7 Å². The summed E-state index contributed by atoms with van der Waals surface area (Å²) in [4.78, 5) is 21.6. The molecule has 0 saturated carbocycles. The van der Waals surface area contributed by atoms with Gasteiger partial charge in [-0.05, 0) is 31.9 Å². The highest BCUT2D eigenvalue weighted by molar-refractivity contribution is 5.77. The van der Waals surface area contributed by atoms with Crippen molar-refractivity contribution in [3.05, 3.63) is 66.2 Å². The lowest BCUT2D eigenvalue weighted by atomic mass is 10.1. The van der Waals surface area contributed by atoms with Crippen LogP contribution in [-0.4, -0.2) is 58.9 Å². The van der Waals surface area contributed by atoms with Crippen LogP contribution in [0.1, 0.15) is 38.6 Å². The third-order valence-corrected chi connectivity index (χ3v) is 5.65. The second-order valence-corrected chi connectivity index (χ2v) is 8.21. The number of allylic oxidation sites excluding steroid dienone is 5. The Balaban J connectivity index is 1.68. The average molecular weight is 450 g/mol. The first-order valence-electron chi connectivity index (χ1n) is 11.6. The van der Waals surface area contributed by atoms with Crippen LogP contribution in [0.2, 0.25) is 0 Å². The minimum atomic E-state index is 0.0899. The highest BCUT2D eigenvalue weighted by Crippen LogP contribution is 2.21. The normalized spacial score (nSPS) is 14.7. The van der Waals surface area contributed by atoms with Gasteiger partial charge in [-0.15, -0.1) is 0 Å². The van der Waals surface area contributed by atoms with Crippen LogP contribution in [0.3, 0.4) is 0 Å². The van der Waals surface area contributed by atoms with Crippen LogP contribution >= 0.6 is 0 Å². The molecule has 3 heterocycles. The topological polar surface area (TPSA) is 63.5 Å². The molecule has 1 aliphatic rings. The molecular weight excluding hydrogens is 414 g/mol. The summed E-state index contributed by atoms with van der Waals surface area (Å²) in [7, 11) is 1.65. The van der Waals surface area contributed by atoms with Crippen LogP contribution in [0.25, 0.3) is 5.57 Å². The lowest BCUT2D eigenvalue weighted by Crippen LogP contribution is -2.50. The van der Waals surface area contributed by atoms with Gasteiger partial charge in [-0.2, -0.15) is 5.10 Å². The molecule has 0 aliphatic carbocycles. The number of carbonyl (C=O) groups excluding carboxylic acids is 1. The van der Waals surface area contributed by atoms with Gasteiger partial charge in [0.1, 0.15) is 18.1 Å². The van der Waals surface area contributed by atoms with E-state index in [9.17, 15) is 4.79 Å². The molecular formula is C26H35N5O2. The first-order chi connectivity index (χ1) is 15.9. The van der Waals surface area contributed by atoms with E-state index in [1.807, 2.05) is 34.7 Å². The zero-order valence-corrected chi connectivity index (χ0v) is 20.3. The van der Waals surface area contributed by atoms with Gasteiger partial charge in [-0.25, -0.2) is 4.98 Å². The van der Waals surface area contributed by atoms with Crippen molar-refractivity contribution in [2.24, 2.45) is 0 Å². The molecule has 0 bridgehead atoms. The molecule has 1 saturated heterocycles. The number of rotatable bonds is 9. The van der Waals surface area contributed by atoms with Crippen LogP contribution in [-0.2, 0) is 17.8 Å². The van der Waals surface area contributed by atoms with E-state index in [2.05, 4.69) is 48.5 Å². The molecule has 0 N–H and O–H groups in total. The molecule has 7 heteroatoms. The fraction of sp³-hybridized carbons (Fsp3) is 0.423. The van der Waals surface area contributed by atoms with Crippen molar-refractivity contribution in [2.45, 2.75) is 40.2 Å². The molecule has 3 rings (SSSR count). The number of methoxy groups -OCH3 is 1. The largest absolute Gasteiger partial charge is 0.497 e. The number of ether oxygens (including phenoxy) is 1. The smallest absolute Gasteiger partial charge is 0.244 e. The molecule has 176 valence electrons. The summed E-state index contributed by atoms with van der Waals surface area (Å²) in [5.74, 6) is 1.75. The first kappa shape index (κ1) is 24.3. The van der Waals surface area contributed by atoms with Crippen LogP contribution < -0.4 is 9.64 Å². The Morgan fingerprint density at radius 2 is 1.97 bits per heavy atom. The van der Waals surface area contributed by atoms with Gasteiger partial charge in [-0.3, -0.25) is 9.48 Å². The molecule has 1 aliphatic heterocycles. The number of hydrogen-bond acceptors (Lipinski definition) is 5. The van der Waals surface area contributed by atoms with Crippen molar-refractivity contribution < 1.29 is 9.53 Å². The van der Waals surface area contributed by atoms with Gasteiger partial charge in [0.25, 0.3) is 0 Å². The zero-order valence-electron chi connectivity index (χ0n) is 20.3. The fourth-order valence-electron chi connectivity index (χ4n) is 3.85. The van der Waals surface area contributed by atoms with Crippen molar-refractivity contribution in [1.29, 1.82) is 0 Å².